The average Bonchev–Trinajstić information content (AvgIpc) is 3.10. The Balaban J connectivity index is 1.55. The Hall–Kier alpha value is -3.77. The van der Waals surface area contributed by atoms with E-state index in [9.17, 15) is 19.5 Å². The summed E-state index contributed by atoms with van der Waals surface area (Å²) in [6.07, 6.45) is 0. The van der Waals surface area contributed by atoms with Gasteiger partial charge in [0.05, 0.1) is 5.92 Å². The third-order valence-corrected chi connectivity index (χ3v) is 5.50. The summed E-state index contributed by atoms with van der Waals surface area (Å²) < 4.78 is 5.28. The zero-order chi connectivity index (χ0) is 22.0. The first-order valence-corrected chi connectivity index (χ1v) is 9.90. The van der Waals surface area contributed by atoms with Crippen LogP contribution in [0.15, 0.2) is 78.9 Å². The molecule has 1 aliphatic rings. The van der Waals surface area contributed by atoms with Gasteiger partial charge in [-0.15, -0.1) is 0 Å². The number of hydrogen-bond donors (Lipinski definition) is 2. The maximum atomic E-state index is 13.0. The van der Waals surface area contributed by atoms with E-state index in [0.29, 0.717) is 22.4 Å². The smallest absolute Gasteiger partial charge is 0.348 e. The van der Waals surface area contributed by atoms with Crippen molar-refractivity contribution in [2.24, 2.45) is 0 Å². The second-order valence-corrected chi connectivity index (χ2v) is 7.45. The van der Waals surface area contributed by atoms with Crippen molar-refractivity contribution in [3.05, 3.63) is 101 Å². The van der Waals surface area contributed by atoms with Gasteiger partial charge in [0.2, 0.25) is 11.5 Å². The van der Waals surface area contributed by atoms with E-state index in [2.05, 4.69) is 5.32 Å². The molecule has 1 amide bonds. The lowest BCUT2D eigenvalue weighted by atomic mass is 9.86. The van der Waals surface area contributed by atoms with Crippen LogP contribution in [0.5, 0.6) is 0 Å². The van der Waals surface area contributed by atoms with Crippen molar-refractivity contribution in [3.63, 3.8) is 0 Å². The van der Waals surface area contributed by atoms with E-state index in [0.717, 1.165) is 5.56 Å². The quantitative estimate of drug-likeness (QED) is 0.476. The number of hydrogen-bond acceptors (Lipinski definition) is 5. The van der Waals surface area contributed by atoms with Crippen LogP contribution >= 0.6 is 0 Å². The Morgan fingerprint density at radius 1 is 0.968 bits per heavy atom. The zero-order valence-corrected chi connectivity index (χ0v) is 16.9. The molecule has 0 saturated carbocycles. The first kappa shape index (κ1) is 20.5. The molecule has 0 aliphatic carbocycles. The van der Waals surface area contributed by atoms with Crippen LogP contribution in [0.1, 0.15) is 39.9 Å². The van der Waals surface area contributed by atoms with Crippen molar-refractivity contribution >= 4 is 23.3 Å². The third kappa shape index (κ3) is 3.73. The molecule has 6 heteroatoms. The molecule has 4 rings (SSSR count). The fraction of sp³-hybridized carbons (Fsp3) is 0.160. The van der Waals surface area contributed by atoms with Crippen LogP contribution in [0, 0.1) is 0 Å². The van der Waals surface area contributed by atoms with Gasteiger partial charge in [0, 0.05) is 11.3 Å². The minimum absolute atomic E-state index is 0.123. The maximum Gasteiger partial charge on any atom is 0.348 e. The molecule has 1 atom stereocenters. The summed E-state index contributed by atoms with van der Waals surface area (Å²) >= 11 is 0. The van der Waals surface area contributed by atoms with Crippen LogP contribution in [0.3, 0.4) is 0 Å². The minimum Gasteiger partial charge on any atom is -0.455 e. The van der Waals surface area contributed by atoms with Crippen molar-refractivity contribution in [2.45, 2.75) is 18.4 Å². The summed E-state index contributed by atoms with van der Waals surface area (Å²) in [5.41, 5.74) is 0.369. The van der Waals surface area contributed by atoms with Crippen molar-refractivity contribution in [1.29, 1.82) is 0 Å². The molecular formula is C25H21NO5. The van der Waals surface area contributed by atoms with Gasteiger partial charge in [0.15, 0.2) is 12.4 Å². The molecule has 0 spiro atoms. The highest BCUT2D eigenvalue weighted by Gasteiger charge is 2.42. The summed E-state index contributed by atoms with van der Waals surface area (Å²) in [4.78, 5) is 37.5. The Morgan fingerprint density at radius 2 is 1.55 bits per heavy atom. The van der Waals surface area contributed by atoms with Gasteiger partial charge in [-0.25, -0.2) is 4.79 Å². The highest BCUT2D eigenvalue weighted by molar-refractivity contribution is 6.05. The highest BCUT2D eigenvalue weighted by atomic mass is 16.6. The van der Waals surface area contributed by atoms with E-state index < -0.39 is 24.0 Å². The largest absolute Gasteiger partial charge is 0.455 e. The van der Waals surface area contributed by atoms with E-state index in [1.165, 1.54) is 0 Å². The van der Waals surface area contributed by atoms with Crippen LogP contribution in [0.4, 0.5) is 5.69 Å². The van der Waals surface area contributed by atoms with Crippen molar-refractivity contribution < 1.29 is 24.2 Å². The van der Waals surface area contributed by atoms with Gasteiger partial charge in [-0.3, -0.25) is 9.59 Å². The van der Waals surface area contributed by atoms with Crippen LogP contribution in [-0.4, -0.2) is 29.4 Å². The molecule has 0 radical (unpaired) electrons. The predicted octanol–water partition coefficient (Wildman–Crippen LogP) is 3.40. The number of anilines is 1. The monoisotopic (exact) mass is 415 g/mol. The fourth-order valence-corrected chi connectivity index (χ4v) is 3.67. The van der Waals surface area contributed by atoms with Crippen molar-refractivity contribution in [2.75, 3.05) is 11.9 Å². The van der Waals surface area contributed by atoms with Gasteiger partial charge in [-0.05, 0) is 41.8 Å². The molecule has 2 N–H and O–H groups in total. The number of Topliss-reactive ketones (excluding diaryl/α,β-unsaturated/α-hetero) is 1. The SMILES string of the molecule is C[C@@H]1C(=O)Nc2ccc(C(=O)COC(=O)C(O)(c3ccccc3)c3ccccc3)cc21. The summed E-state index contributed by atoms with van der Waals surface area (Å²) in [6, 6.07) is 21.8. The minimum atomic E-state index is -2.05. The van der Waals surface area contributed by atoms with Crippen LogP contribution in [-0.2, 0) is 19.9 Å². The lowest BCUT2D eigenvalue weighted by Gasteiger charge is -2.27. The molecule has 156 valence electrons. The number of nitrogens with one attached hydrogen (secondary N) is 1. The molecule has 6 nitrogen and oxygen atoms in total. The lowest BCUT2D eigenvalue weighted by Crippen LogP contribution is -2.39. The Morgan fingerprint density at radius 3 is 2.13 bits per heavy atom. The first-order chi connectivity index (χ1) is 14.9. The highest BCUT2D eigenvalue weighted by Crippen LogP contribution is 2.33. The first-order valence-electron chi connectivity index (χ1n) is 9.90. The topological polar surface area (TPSA) is 92.7 Å². The number of carbonyl (C=O) groups excluding carboxylic acids is 3. The van der Waals surface area contributed by atoms with Gasteiger partial charge in [-0.2, -0.15) is 0 Å². The van der Waals surface area contributed by atoms with E-state index in [1.54, 1.807) is 85.8 Å². The van der Waals surface area contributed by atoms with Gasteiger partial charge in [-0.1, -0.05) is 60.7 Å². The van der Waals surface area contributed by atoms with E-state index >= 15 is 0 Å². The second-order valence-electron chi connectivity index (χ2n) is 7.45. The molecule has 0 aromatic heterocycles. The second kappa shape index (κ2) is 8.16. The summed E-state index contributed by atoms with van der Waals surface area (Å²) in [7, 11) is 0. The van der Waals surface area contributed by atoms with E-state index in [1.807, 2.05) is 0 Å². The summed E-state index contributed by atoms with van der Waals surface area (Å²) in [5.74, 6) is -1.84. The van der Waals surface area contributed by atoms with Crippen LogP contribution < -0.4 is 5.32 Å². The molecule has 0 fully saturated rings. The fourth-order valence-electron chi connectivity index (χ4n) is 3.67. The summed E-state index contributed by atoms with van der Waals surface area (Å²) in [5, 5.41) is 14.1. The normalized spacial score (nSPS) is 15.2. The standard InChI is InChI=1S/C25H21NO5/c1-16-20-14-17(12-13-21(20)26-23(16)28)22(27)15-31-24(29)25(30,18-8-4-2-5-9-18)19-10-6-3-7-11-19/h2-14,16,30H,15H2,1H3,(H,26,28)/t16-/m0/s1. The molecule has 0 bridgehead atoms. The predicted molar refractivity (Wildman–Crippen MR) is 115 cm³/mol. The molecule has 3 aromatic carbocycles. The van der Waals surface area contributed by atoms with Crippen molar-refractivity contribution in [1.82, 2.24) is 0 Å². The van der Waals surface area contributed by atoms with Crippen molar-refractivity contribution in [3.8, 4) is 0 Å². The van der Waals surface area contributed by atoms with Gasteiger partial charge in [0.25, 0.3) is 0 Å². The number of rotatable bonds is 6. The summed E-state index contributed by atoms with van der Waals surface area (Å²) in [6.45, 7) is 1.23. The van der Waals surface area contributed by atoms with Crippen LogP contribution in [0.25, 0.3) is 0 Å². The molecular weight excluding hydrogens is 394 g/mol. The number of ether oxygens (including phenoxy) is 1. The number of benzene rings is 3. The Labute approximate surface area is 179 Å². The maximum absolute atomic E-state index is 13.0. The van der Waals surface area contributed by atoms with E-state index in [4.69, 9.17) is 4.74 Å². The van der Waals surface area contributed by atoms with Gasteiger partial charge < -0.3 is 15.2 Å². The number of amides is 1. The third-order valence-electron chi connectivity index (χ3n) is 5.50. The Bertz CT molecular complexity index is 1100. The molecule has 3 aromatic rings. The lowest BCUT2D eigenvalue weighted by molar-refractivity contribution is -0.160. The molecule has 1 heterocycles. The number of esters is 1. The van der Waals surface area contributed by atoms with Crippen LogP contribution in [0.2, 0.25) is 0 Å². The number of fused-ring (bicyclic) bond motifs is 1. The van der Waals surface area contributed by atoms with Gasteiger partial charge >= 0.3 is 5.97 Å². The number of ketones is 1. The molecule has 1 aliphatic heterocycles. The molecule has 31 heavy (non-hydrogen) atoms. The van der Waals surface area contributed by atoms with Gasteiger partial charge in [0.1, 0.15) is 0 Å². The molecule has 0 saturated heterocycles. The Kier molecular flexibility index (Phi) is 5.40. The zero-order valence-electron chi connectivity index (χ0n) is 16.9. The molecule has 0 unspecified atom stereocenters. The number of carbonyl (C=O) groups is 3. The average molecular weight is 415 g/mol. The number of aliphatic hydroxyl groups is 1. The van der Waals surface area contributed by atoms with E-state index in [-0.39, 0.29) is 11.8 Å².